The van der Waals surface area contributed by atoms with E-state index in [1.54, 1.807) is 0 Å². The standard InChI is InChI=1S/C39H52O4/c40-28-31-18-17-29(25-31)11-4-1-2-5-13-32-14-6-7-16-37(38(42)43)39(23-8-3-9-24-39)34-15-10-12-30(26-34)27-36(32)33-19-21-35(41)22-20-33/h6-7,10,12,15,19-22,25-26,29,32,36-37,40-41H,1-5,8-9,11,13-14,16-18,23-24,27-28H2,(H,42,43)/b7-6-/t29-,32-,36-,37-/m0/s1. The first kappa shape index (κ1) is 31.6. The maximum atomic E-state index is 12.7. The van der Waals surface area contributed by atoms with E-state index in [9.17, 15) is 20.1 Å². The molecule has 2 aromatic carbocycles. The molecule has 3 aliphatic carbocycles. The Kier molecular flexibility index (Phi) is 11.2. The van der Waals surface area contributed by atoms with Crippen LogP contribution in [0.25, 0.3) is 0 Å². The Morgan fingerprint density at radius 1 is 0.884 bits per heavy atom. The number of carbonyl (C=O) groups is 1. The smallest absolute Gasteiger partial charge is 0.307 e. The number of allylic oxidation sites excluding steroid dienone is 3. The predicted molar refractivity (Wildman–Crippen MR) is 174 cm³/mol. The number of aromatic hydroxyl groups is 1. The van der Waals surface area contributed by atoms with Gasteiger partial charge in [0, 0.05) is 5.41 Å². The van der Waals surface area contributed by atoms with Crippen molar-refractivity contribution in [2.45, 2.75) is 114 Å². The van der Waals surface area contributed by atoms with Crippen LogP contribution in [0.1, 0.15) is 119 Å². The number of benzene rings is 2. The topological polar surface area (TPSA) is 77.8 Å². The monoisotopic (exact) mass is 584 g/mol. The van der Waals surface area contributed by atoms with Gasteiger partial charge in [-0.3, -0.25) is 4.79 Å². The molecule has 43 heavy (non-hydrogen) atoms. The van der Waals surface area contributed by atoms with Crippen molar-refractivity contribution < 1.29 is 20.1 Å². The van der Waals surface area contributed by atoms with Crippen LogP contribution in [0.4, 0.5) is 0 Å². The van der Waals surface area contributed by atoms with E-state index < -0.39 is 11.9 Å². The van der Waals surface area contributed by atoms with Gasteiger partial charge in [-0.1, -0.05) is 99.6 Å². The summed E-state index contributed by atoms with van der Waals surface area (Å²) < 4.78 is 0. The lowest BCUT2D eigenvalue weighted by Crippen LogP contribution is -2.41. The highest BCUT2D eigenvalue weighted by molar-refractivity contribution is 5.73. The maximum absolute atomic E-state index is 12.7. The first-order chi connectivity index (χ1) is 21.0. The van der Waals surface area contributed by atoms with E-state index in [4.69, 9.17) is 0 Å². The summed E-state index contributed by atoms with van der Waals surface area (Å²) in [6, 6.07) is 16.8. The molecule has 0 saturated heterocycles. The number of fused-ring (bicyclic) bond motifs is 3. The Morgan fingerprint density at radius 2 is 1.63 bits per heavy atom. The van der Waals surface area contributed by atoms with Crippen LogP contribution in [0.15, 0.2) is 72.3 Å². The molecule has 0 unspecified atom stereocenters. The van der Waals surface area contributed by atoms with Crippen molar-refractivity contribution >= 4 is 5.97 Å². The molecule has 5 rings (SSSR count). The second-order valence-corrected chi connectivity index (χ2v) is 13.7. The molecule has 0 amide bonds. The van der Waals surface area contributed by atoms with Crippen molar-refractivity contribution in [1.29, 1.82) is 0 Å². The average Bonchev–Trinajstić information content (AvgIpc) is 3.49. The molecule has 2 bridgehead atoms. The molecule has 4 heteroatoms. The summed E-state index contributed by atoms with van der Waals surface area (Å²) in [5.41, 5.74) is 4.71. The number of hydrogen-bond donors (Lipinski definition) is 3. The van der Waals surface area contributed by atoms with E-state index in [0.717, 1.165) is 51.4 Å². The third-order valence-electron chi connectivity index (χ3n) is 10.9. The zero-order valence-electron chi connectivity index (χ0n) is 25.9. The van der Waals surface area contributed by atoms with E-state index in [1.165, 1.54) is 67.2 Å². The second-order valence-electron chi connectivity index (χ2n) is 13.7. The molecule has 1 spiro atoms. The third-order valence-corrected chi connectivity index (χ3v) is 10.9. The van der Waals surface area contributed by atoms with Gasteiger partial charge in [0.15, 0.2) is 0 Å². The van der Waals surface area contributed by atoms with E-state index in [2.05, 4.69) is 54.6 Å². The number of unbranched alkanes of at least 4 members (excludes halogenated alkanes) is 3. The van der Waals surface area contributed by atoms with E-state index >= 15 is 0 Å². The van der Waals surface area contributed by atoms with Crippen LogP contribution in [-0.4, -0.2) is 27.9 Å². The fourth-order valence-corrected chi connectivity index (χ4v) is 8.51. The minimum Gasteiger partial charge on any atom is -0.508 e. The van der Waals surface area contributed by atoms with Gasteiger partial charge in [0.1, 0.15) is 5.75 Å². The largest absolute Gasteiger partial charge is 0.508 e. The Bertz CT molecular complexity index is 1240. The molecular formula is C39H52O4. The Hall–Kier alpha value is -2.85. The van der Waals surface area contributed by atoms with Gasteiger partial charge in [-0.15, -0.1) is 0 Å². The highest BCUT2D eigenvalue weighted by Gasteiger charge is 2.44. The molecule has 0 aliphatic heterocycles. The third kappa shape index (κ3) is 8.01. The fourth-order valence-electron chi connectivity index (χ4n) is 8.51. The lowest BCUT2D eigenvalue weighted by molar-refractivity contribution is -0.145. The summed E-state index contributed by atoms with van der Waals surface area (Å²) in [5, 5.41) is 29.9. The summed E-state index contributed by atoms with van der Waals surface area (Å²) in [7, 11) is 0. The normalized spacial score (nSPS) is 26.3. The summed E-state index contributed by atoms with van der Waals surface area (Å²) in [6.07, 6.45) is 24.0. The quantitative estimate of drug-likeness (QED) is 0.192. The molecule has 2 aromatic rings. The Balaban J connectivity index is 1.34. The van der Waals surface area contributed by atoms with Crippen molar-refractivity contribution in [2.24, 2.45) is 17.8 Å². The number of hydrogen-bond acceptors (Lipinski definition) is 3. The first-order valence-electron chi connectivity index (χ1n) is 17.0. The maximum Gasteiger partial charge on any atom is 0.307 e. The minimum atomic E-state index is -0.659. The van der Waals surface area contributed by atoms with Crippen LogP contribution in [-0.2, 0) is 16.6 Å². The number of carboxylic acids is 1. The van der Waals surface area contributed by atoms with Gasteiger partial charge in [-0.05, 0) is 110 Å². The lowest BCUT2D eigenvalue weighted by Gasteiger charge is -2.42. The van der Waals surface area contributed by atoms with Crippen LogP contribution >= 0.6 is 0 Å². The van der Waals surface area contributed by atoms with Crippen LogP contribution in [0.2, 0.25) is 0 Å². The molecule has 0 radical (unpaired) electrons. The van der Waals surface area contributed by atoms with E-state index in [-0.39, 0.29) is 12.0 Å². The lowest BCUT2D eigenvalue weighted by atomic mass is 9.60. The molecule has 4 nitrogen and oxygen atoms in total. The van der Waals surface area contributed by atoms with Crippen molar-refractivity contribution in [3.63, 3.8) is 0 Å². The van der Waals surface area contributed by atoms with Gasteiger partial charge in [0.05, 0.1) is 12.5 Å². The number of aliphatic carboxylic acids is 1. The zero-order chi connectivity index (χ0) is 30.1. The van der Waals surface area contributed by atoms with Gasteiger partial charge in [-0.25, -0.2) is 0 Å². The SMILES string of the molecule is O=C(O)[C@@H]1C/C=C\C[C@H](CCCCCC[C@@H]2C=C(CO)CC2)[C@@H](c2ccc(O)cc2)Cc2cccc(c2)C12CCCCC2. The average molecular weight is 585 g/mol. The summed E-state index contributed by atoms with van der Waals surface area (Å²) in [6.45, 7) is 0.219. The molecule has 232 valence electrons. The number of carboxylic acid groups (broad SMARTS) is 1. The van der Waals surface area contributed by atoms with Crippen molar-refractivity contribution in [2.75, 3.05) is 6.61 Å². The zero-order valence-corrected chi connectivity index (χ0v) is 25.9. The molecule has 3 aliphatic rings. The van der Waals surface area contributed by atoms with Crippen molar-refractivity contribution in [1.82, 2.24) is 0 Å². The Labute approximate surface area is 258 Å². The number of phenolic OH excluding ortho intramolecular Hbond substituents is 1. The van der Waals surface area contributed by atoms with Gasteiger partial charge >= 0.3 is 5.97 Å². The minimum absolute atomic E-state index is 0.219. The second kappa shape index (κ2) is 15.2. The first-order valence-corrected chi connectivity index (χ1v) is 17.0. The molecule has 1 saturated carbocycles. The molecule has 1 fully saturated rings. The number of aliphatic hydroxyl groups excluding tert-OH is 1. The van der Waals surface area contributed by atoms with Gasteiger partial charge in [0.2, 0.25) is 0 Å². The summed E-state index contributed by atoms with van der Waals surface area (Å²) in [4.78, 5) is 12.7. The van der Waals surface area contributed by atoms with Crippen LogP contribution in [0.3, 0.4) is 0 Å². The number of aliphatic hydroxyl groups is 1. The molecule has 0 aromatic heterocycles. The van der Waals surface area contributed by atoms with Crippen LogP contribution in [0, 0.1) is 17.8 Å². The summed E-state index contributed by atoms with van der Waals surface area (Å²) in [5.74, 6) is 0.674. The number of phenols is 1. The Morgan fingerprint density at radius 3 is 2.35 bits per heavy atom. The van der Waals surface area contributed by atoms with Gasteiger partial charge in [-0.2, -0.15) is 0 Å². The number of rotatable bonds is 10. The summed E-state index contributed by atoms with van der Waals surface area (Å²) >= 11 is 0. The van der Waals surface area contributed by atoms with Crippen molar-refractivity contribution in [3.05, 3.63) is 89.0 Å². The molecule has 4 atom stereocenters. The molecule has 3 N–H and O–H groups in total. The highest BCUT2D eigenvalue weighted by Crippen LogP contribution is 2.48. The van der Waals surface area contributed by atoms with Crippen LogP contribution in [0.5, 0.6) is 5.75 Å². The van der Waals surface area contributed by atoms with E-state index in [1.807, 2.05) is 12.1 Å². The molecular weight excluding hydrogens is 532 g/mol. The van der Waals surface area contributed by atoms with E-state index in [0.29, 0.717) is 29.9 Å². The van der Waals surface area contributed by atoms with Crippen LogP contribution < -0.4 is 0 Å². The van der Waals surface area contributed by atoms with Gasteiger partial charge in [0.25, 0.3) is 0 Å². The highest BCUT2D eigenvalue weighted by atomic mass is 16.4. The predicted octanol–water partition coefficient (Wildman–Crippen LogP) is 9.26. The fraction of sp³-hybridized carbons (Fsp3) is 0.564. The molecule has 0 heterocycles. The van der Waals surface area contributed by atoms with Crippen molar-refractivity contribution in [3.8, 4) is 5.75 Å². The van der Waals surface area contributed by atoms with Gasteiger partial charge < -0.3 is 15.3 Å².